The maximum Gasteiger partial charge on any atom is 0.308 e. The number of hydrogen-bond donors (Lipinski definition) is 2. The van der Waals surface area contributed by atoms with Crippen LogP contribution in [0.15, 0.2) is 23.8 Å². The summed E-state index contributed by atoms with van der Waals surface area (Å²) in [6, 6.07) is -0.680. The molecular weight excluding hydrogens is 727 g/mol. The standard InChI is InChI=1S/C41H71NO12Si/c1-15-34-31(23-49-55(13,14)41(8,9)10)20-24(2)16-17-32(46)25(3)21-30(18-19-43)37(26(4)33(47)22-35(48)53-34)54-40-39(52-29(7)45)36(42(11)12)38(27(5)50-40)51-28(6)44/h16-17,20,25-27,30-31,33-34,36-40,43,47H,15,18-19,21-23H2,1-14H3/b17-16+,24-20+/t25-,26+,27+,30+,31+,33-,34-,36-,37-,38-,39-,40?/m0/s1. The van der Waals surface area contributed by atoms with Gasteiger partial charge in [0.25, 0.3) is 0 Å². The number of esters is 3. The molecule has 2 rings (SSSR count). The molecule has 0 aliphatic carbocycles. The van der Waals surface area contributed by atoms with Gasteiger partial charge < -0.3 is 38.3 Å². The van der Waals surface area contributed by atoms with Crippen LogP contribution >= 0.6 is 0 Å². The van der Waals surface area contributed by atoms with Crippen molar-refractivity contribution in [1.29, 1.82) is 0 Å². The van der Waals surface area contributed by atoms with Crippen molar-refractivity contribution in [2.24, 2.45) is 23.7 Å². The van der Waals surface area contributed by atoms with E-state index in [2.05, 4.69) is 33.9 Å². The Balaban J connectivity index is 2.63. The van der Waals surface area contributed by atoms with E-state index in [0.29, 0.717) is 13.0 Å². The lowest BCUT2D eigenvalue weighted by Gasteiger charge is -2.48. The number of carbonyl (C=O) groups excluding carboxylic acids is 4. The zero-order chi connectivity index (χ0) is 42.0. The van der Waals surface area contributed by atoms with Gasteiger partial charge in [0.15, 0.2) is 26.5 Å². The zero-order valence-corrected chi connectivity index (χ0v) is 36.8. The topological polar surface area (TPSA) is 167 Å². The van der Waals surface area contributed by atoms with E-state index >= 15 is 0 Å². The minimum absolute atomic E-state index is 0.0337. The van der Waals surface area contributed by atoms with E-state index < -0.39 is 92.9 Å². The lowest BCUT2D eigenvalue weighted by atomic mass is 9.79. The van der Waals surface area contributed by atoms with Crippen LogP contribution in [-0.4, -0.2) is 123 Å². The summed E-state index contributed by atoms with van der Waals surface area (Å²) < 4.78 is 37.2. The molecule has 0 amide bonds. The predicted molar refractivity (Wildman–Crippen MR) is 211 cm³/mol. The van der Waals surface area contributed by atoms with Crippen LogP contribution in [0.2, 0.25) is 18.1 Å². The monoisotopic (exact) mass is 797 g/mol. The fourth-order valence-corrected chi connectivity index (χ4v) is 8.20. The molecular formula is C41H71NO12Si. The van der Waals surface area contributed by atoms with Gasteiger partial charge in [-0.2, -0.15) is 0 Å². The van der Waals surface area contributed by atoms with Crippen molar-refractivity contribution in [3.05, 3.63) is 23.8 Å². The van der Waals surface area contributed by atoms with Gasteiger partial charge in [0.2, 0.25) is 0 Å². The highest BCUT2D eigenvalue weighted by molar-refractivity contribution is 6.74. The fourth-order valence-electron chi connectivity index (χ4n) is 7.16. The summed E-state index contributed by atoms with van der Waals surface area (Å²) in [4.78, 5) is 53.7. The average molecular weight is 798 g/mol. The Kier molecular flexibility index (Phi) is 18.9. The highest BCUT2D eigenvalue weighted by Crippen LogP contribution is 2.38. The first-order valence-electron chi connectivity index (χ1n) is 19.8. The van der Waals surface area contributed by atoms with Gasteiger partial charge in [-0.25, -0.2) is 0 Å². The van der Waals surface area contributed by atoms with E-state index in [9.17, 15) is 29.4 Å². The van der Waals surface area contributed by atoms with Gasteiger partial charge in [-0.1, -0.05) is 59.3 Å². The van der Waals surface area contributed by atoms with Crippen molar-refractivity contribution in [1.82, 2.24) is 4.90 Å². The summed E-state index contributed by atoms with van der Waals surface area (Å²) >= 11 is 0. The van der Waals surface area contributed by atoms with Crippen molar-refractivity contribution in [2.75, 3.05) is 27.3 Å². The molecule has 0 saturated carbocycles. The molecule has 1 fully saturated rings. The van der Waals surface area contributed by atoms with Crippen molar-refractivity contribution < 1.29 is 57.5 Å². The van der Waals surface area contributed by atoms with Crippen LogP contribution in [0.3, 0.4) is 0 Å². The van der Waals surface area contributed by atoms with Crippen molar-refractivity contribution in [2.45, 2.75) is 162 Å². The van der Waals surface area contributed by atoms with Crippen molar-refractivity contribution in [3.63, 3.8) is 0 Å². The lowest BCUT2D eigenvalue weighted by Crippen LogP contribution is -2.65. The maximum absolute atomic E-state index is 13.6. The number of allylic oxidation sites excluding steroid dienone is 3. The maximum atomic E-state index is 13.6. The van der Waals surface area contributed by atoms with E-state index in [1.165, 1.54) is 13.8 Å². The first-order valence-corrected chi connectivity index (χ1v) is 22.7. The number of ketones is 1. The first kappa shape index (κ1) is 48.7. The van der Waals surface area contributed by atoms with Gasteiger partial charge in [-0.05, 0) is 77.3 Å². The van der Waals surface area contributed by atoms with Gasteiger partial charge in [0, 0.05) is 44.8 Å². The summed E-state index contributed by atoms with van der Waals surface area (Å²) in [5, 5.41) is 22.0. The molecule has 0 aromatic rings. The molecule has 0 bridgehead atoms. The molecule has 14 heteroatoms. The third kappa shape index (κ3) is 14.2. The molecule has 2 N–H and O–H groups in total. The second-order valence-corrected chi connectivity index (χ2v) is 22.1. The van der Waals surface area contributed by atoms with Crippen LogP contribution in [0.25, 0.3) is 0 Å². The summed E-state index contributed by atoms with van der Waals surface area (Å²) in [6.07, 6.45) is -0.608. The van der Waals surface area contributed by atoms with E-state index in [0.717, 1.165) is 5.57 Å². The van der Waals surface area contributed by atoms with E-state index in [1.807, 2.05) is 26.8 Å². The third-order valence-electron chi connectivity index (χ3n) is 11.4. The number of likely N-dealkylation sites (N-methyl/N-ethyl adjacent to an activating group) is 1. The number of aliphatic hydroxyl groups is 2. The van der Waals surface area contributed by atoms with Crippen molar-refractivity contribution >= 4 is 32.0 Å². The highest BCUT2D eigenvalue weighted by Gasteiger charge is 2.51. The molecule has 55 heavy (non-hydrogen) atoms. The minimum Gasteiger partial charge on any atom is -0.462 e. The summed E-state index contributed by atoms with van der Waals surface area (Å²) in [6.45, 7) is 22.5. The molecule has 1 unspecified atom stereocenters. The lowest BCUT2D eigenvalue weighted by molar-refractivity contribution is -0.308. The molecule has 2 aliphatic heterocycles. The Labute approximate surface area is 330 Å². The summed E-state index contributed by atoms with van der Waals surface area (Å²) in [5.41, 5.74) is 0.815. The second kappa shape index (κ2) is 21.3. The third-order valence-corrected chi connectivity index (χ3v) is 15.9. The summed E-state index contributed by atoms with van der Waals surface area (Å²) in [7, 11) is 1.36. The summed E-state index contributed by atoms with van der Waals surface area (Å²) in [5.74, 6) is -3.94. The molecule has 0 aromatic carbocycles. The van der Waals surface area contributed by atoms with Crippen LogP contribution in [0.1, 0.15) is 94.9 Å². The molecule has 2 aliphatic rings. The number of cyclic esters (lactones) is 1. The molecule has 12 atom stereocenters. The number of ether oxygens (including phenoxy) is 5. The molecule has 316 valence electrons. The van der Waals surface area contributed by atoms with E-state index in [-0.39, 0.29) is 42.6 Å². The number of aliphatic hydroxyl groups excluding tert-OH is 2. The van der Waals surface area contributed by atoms with E-state index in [1.54, 1.807) is 45.0 Å². The van der Waals surface area contributed by atoms with Crippen molar-refractivity contribution in [3.8, 4) is 0 Å². The smallest absolute Gasteiger partial charge is 0.308 e. The first-order chi connectivity index (χ1) is 25.4. The van der Waals surface area contributed by atoms with E-state index in [4.69, 9.17) is 28.1 Å². The number of nitrogens with zero attached hydrogens (tertiary/aromatic N) is 1. The Bertz CT molecular complexity index is 1340. The van der Waals surface area contributed by atoms with Gasteiger partial charge in [0.1, 0.15) is 12.2 Å². The van der Waals surface area contributed by atoms with Crippen LogP contribution in [-0.2, 0) is 47.3 Å². The molecule has 0 spiro atoms. The Hall–Kier alpha value is -2.46. The minimum atomic E-state index is -2.16. The number of hydrogen-bond acceptors (Lipinski definition) is 13. The van der Waals surface area contributed by atoms with Gasteiger partial charge in [-0.15, -0.1) is 0 Å². The Morgan fingerprint density at radius 3 is 2.13 bits per heavy atom. The highest BCUT2D eigenvalue weighted by atomic mass is 28.4. The van der Waals surface area contributed by atoms with Crippen LogP contribution in [0.5, 0.6) is 0 Å². The predicted octanol–water partition coefficient (Wildman–Crippen LogP) is 5.37. The zero-order valence-electron chi connectivity index (χ0n) is 35.8. The van der Waals surface area contributed by atoms with Crippen LogP contribution < -0.4 is 0 Å². The molecule has 1 saturated heterocycles. The van der Waals surface area contributed by atoms with Gasteiger partial charge >= 0.3 is 17.9 Å². The van der Waals surface area contributed by atoms with Gasteiger partial charge in [0.05, 0.1) is 30.8 Å². The van der Waals surface area contributed by atoms with Crippen LogP contribution in [0, 0.1) is 23.7 Å². The number of rotatable bonds is 11. The second-order valence-electron chi connectivity index (χ2n) is 17.3. The normalized spacial score (nSPS) is 35.0. The Morgan fingerprint density at radius 1 is 1.00 bits per heavy atom. The van der Waals surface area contributed by atoms with Gasteiger partial charge in [-0.3, -0.25) is 24.1 Å². The largest absolute Gasteiger partial charge is 0.462 e. The fraction of sp³-hybridized carbons (Fsp3) is 0.805. The van der Waals surface area contributed by atoms with Crippen LogP contribution in [0.4, 0.5) is 0 Å². The molecule has 0 aromatic heterocycles. The SMILES string of the molecule is CC[C@@H]1OC(=O)C[C@H](O)[C@@H](C)[C@H](OC2O[C@H](C)[C@H](OC(C)=O)[C@H](N(C)C)[C@@H]2OC(C)=O)[C@H](CCO)C[C@H](C)C(=O)/C=C/C(C)=C/[C@@H]1CO[Si](C)(C)C(C)(C)C. The molecule has 2 heterocycles. The average Bonchev–Trinajstić information content (AvgIpc) is 3.06. The quantitative estimate of drug-likeness (QED) is 0.156. The molecule has 0 radical (unpaired) electrons. The molecule has 13 nitrogen and oxygen atoms in total. The number of carbonyl (C=O) groups is 4. The Morgan fingerprint density at radius 2 is 1.60 bits per heavy atom.